The molecule has 1 unspecified atom stereocenters. The first-order valence-electron chi connectivity index (χ1n) is 7.28. The Hall–Kier alpha value is -0.420. The first-order chi connectivity index (χ1) is 8.45. The van der Waals surface area contributed by atoms with Crippen molar-refractivity contribution in [2.24, 2.45) is 17.8 Å². The molecule has 1 nitrogen and oxygen atoms in total. The van der Waals surface area contributed by atoms with Crippen molar-refractivity contribution in [1.29, 1.82) is 0 Å². The van der Waals surface area contributed by atoms with Crippen molar-refractivity contribution in [2.75, 3.05) is 0 Å². The second kappa shape index (κ2) is 5.29. The summed E-state index contributed by atoms with van der Waals surface area (Å²) in [6.07, 6.45) is 10.9. The van der Waals surface area contributed by atoms with Crippen molar-refractivity contribution in [2.45, 2.75) is 58.5 Å². The standard InChI is InChI=1S/C16H26OP/c1-12(2)15-10-9-13(3)11-16(15,4)18(17)14-7-5-6-8-14/h5-7,12-13,15H,8-11H2,1-4H3/q+1/t13-,15+,16-/m1/s1. The lowest BCUT2D eigenvalue weighted by Crippen LogP contribution is -2.40. The molecule has 0 saturated heterocycles. The summed E-state index contributed by atoms with van der Waals surface area (Å²) in [5, 5.41) is 1.19. The number of hydrogen-bond acceptors (Lipinski definition) is 1. The van der Waals surface area contributed by atoms with Crippen LogP contribution in [0, 0.1) is 17.8 Å². The van der Waals surface area contributed by atoms with Gasteiger partial charge in [0.15, 0.2) is 10.5 Å². The van der Waals surface area contributed by atoms with Crippen LogP contribution in [0.1, 0.15) is 53.4 Å². The minimum absolute atomic E-state index is 0.0129. The van der Waals surface area contributed by atoms with E-state index in [-0.39, 0.29) is 5.16 Å². The van der Waals surface area contributed by atoms with Crippen LogP contribution in [0.25, 0.3) is 0 Å². The molecule has 0 spiro atoms. The van der Waals surface area contributed by atoms with Crippen LogP contribution >= 0.6 is 7.80 Å². The van der Waals surface area contributed by atoms with Gasteiger partial charge in [0.05, 0.1) is 0 Å². The summed E-state index contributed by atoms with van der Waals surface area (Å²) in [6.45, 7) is 9.19. The molecular weight excluding hydrogens is 239 g/mol. The fourth-order valence-electron chi connectivity index (χ4n) is 3.93. The Morgan fingerprint density at radius 3 is 2.67 bits per heavy atom. The Balaban J connectivity index is 2.25. The van der Waals surface area contributed by atoms with Gasteiger partial charge in [-0.05, 0) is 37.7 Å². The fourth-order valence-corrected chi connectivity index (χ4v) is 6.29. The van der Waals surface area contributed by atoms with E-state index in [1.807, 2.05) is 0 Å². The molecule has 0 aliphatic heterocycles. The third kappa shape index (κ3) is 2.48. The van der Waals surface area contributed by atoms with E-state index in [2.05, 4.69) is 45.9 Å². The molecule has 0 aromatic carbocycles. The summed E-state index contributed by atoms with van der Waals surface area (Å²) < 4.78 is 13.0. The van der Waals surface area contributed by atoms with Gasteiger partial charge < -0.3 is 0 Å². The van der Waals surface area contributed by atoms with Crippen molar-refractivity contribution in [3.8, 4) is 0 Å². The van der Waals surface area contributed by atoms with E-state index in [1.54, 1.807) is 0 Å². The van der Waals surface area contributed by atoms with Crippen LogP contribution in [0.2, 0.25) is 0 Å². The molecule has 2 heteroatoms. The number of rotatable bonds is 3. The lowest BCUT2D eigenvalue weighted by molar-refractivity contribution is 0.178. The van der Waals surface area contributed by atoms with Gasteiger partial charge >= 0.3 is 7.80 Å². The van der Waals surface area contributed by atoms with E-state index in [0.29, 0.717) is 11.8 Å². The van der Waals surface area contributed by atoms with Crippen LogP contribution in [0.15, 0.2) is 23.5 Å². The molecule has 1 saturated carbocycles. The molecule has 2 aliphatic carbocycles. The summed E-state index contributed by atoms with van der Waals surface area (Å²) in [5.74, 6) is 1.97. The lowest BCUT2D eigenvalue weighted by atomic mass is 9.70. The summed E-state index contributed by atoms with van der Waals surface area (Å²) in [5.41, 5.74) is 0. The number of allylic oxidation sites excluding steroid dienone is 4. The van der Waals surface area contributed by atoms with Gasteiger partial charge in [-0.3, -0.25) is 0 Å². The Labute approximate surface area is 113 Å². The predicted molar refractivity (Wildman–Crippen MR) is 79.2 cm³/mol. The van der Waals surface area contributed by atoms with Crippen LogP contribution in [-0.2, 0) is 4.57 Å². The summed E-state index contributed by atoms with van der Waals surface area (Å²) in [7, 11) is -1.23. The van der Waals surface area contributed by atoms with Crippen molar-refractivity contribution in [1.82, 2.24) is 0 Å². The topological polar surface area (TPSA) is 17.1 Å². The molecule has 4 atom stereocenters. The zero-order valence-corrected chi connectivity index (χ0v) is 13.0. The van der Waals surface area contributed by atoms with Crippen LogP contribution in [0.4, 0.5) is 0 Å². The Bertz CT molecular complexity index is 394. The van der Waals surface area contributed by atoms with E-state index in [9.17, 15) is 4.57 Å². The highest BCUT2D eigenvalue weighted by atomic mass is 31.1. The van der Waals surface area contributed by atoms with E-state index in [4.69, 9.17) is 0 Å². The quantitative estimate of drug-likeness (QED) is 0.615. The molecule has 0 N–H and O–H groups in total. The van der Waals surface area contributed by atoms with Gasteiger partial charge in [0, 0.05) is 12.3 Å². The van der Waals surface area contributed by atoms with Gasteiger partial charge in [-0.15, -0.1) is 0 Å². The largest absolute Gasteiger partial charge is 0.379 e. The van der Waals surface area contributed by atoms with Crippen LogP contribution in [0.3, 0.4) is 0 Å². The van der Waals surface area contributed by atoms with Gasteiger partial charge in [-0.25, -0.2) is 0 Å². The molecule has 1 fully saturated rings. The maximum absolute atomic E-state index is 13.0. The highest BCUT2D eigenvalue weighted by Gasteiger charge is 2.55. The predicted octanol–water partition coefficient (Wildman–Crippen LogP) is 5.51. The van der Waals surface area contributed by atoms with Crippen LogP contribution in [-0.4, -0.2) is 5.16 Å². The average Bonchev–Trinajstić information content (AvgIpc) is 2.80. The van der Waals surface area contributed by atoms with Gasteiger partial charge in [0.2, 0.25) is 0 Å². The smallest absolute Gasteiger partial charge is 0.0760 e. The molecule has 2 rings (SSSR count). The van der Waals surface area contributed by atoms with E-state index >= 15 is 0 Å². The van der Waals surface area contributed by atoms with Crippen molar-refractivity contribution < 1.29 is 4.57 Å². The van der Waals surface area contributed by atoms with Crippen LogP contribution in [0.5, 0.6) is 0 Å². The zero-order valence-electron chi connectivity index (χ0n) is 12.1. The van der Waals surface area contributed by atoms with E-state index in [1.165, 1.54) is 18.2 Å². The fraction of sp³-hybridized carbons (Fsp3) is 0.750. The second-order valence-electron chi connectivity index (χ2n) is 6.68. The summed E-state index contributed by atoms with van der Waals surface area (Å²) in [4.78, 5) is 0. The number of hydrogen-bond donors (Lipinski definition) is 0. The molecule has 0 aromatic rings. The molecule has 0 radical (unpaired) electrons. The summed E-state index contributed by atoms with van der Waals surface area (Å²) in [6, 6.07) is 0. The van der Waals surface area contributed by atoms with Crippen molar-refractivity contribution in [3.63, 3.8) is 0 Å². The molecule has 18 heavy (non-hydrogen) atoms. The third-order valence-electron chi connectivity index (χ3n) is 4.81. The normalized spacial score (nSPS) is 36.9. The lowest BCUT2D eigenvalue weighted by Gasteiger charge is -2.39. The summed E-state index contributed by atoms with van der Waals surface area (Å²) >= 11 is 0. The maximum atomic E-state index is 13.0. The Morgan fingerprint density at radius 1 is 1.39 bits per heavy atom. The average molecular weight is 265 g/mol. The third-order valence-corrected chi connectivity index (χ3v) is 7.11. The Kier molecular flexibility index (Phi) is 4.11. The molecule has 0 heterocycles. The molecule has 0 aromatic heterocycles. The van der Waals surface area contributed by atoms with Crippen LogP contribution < -0.4 is 0 Å². The minimum atomic E-state index is -1.23. The zero-order chi connectivity index (χ0) is 13.3. The second-order valence-corrected chi connectivity index (χ2v) is 8.86. The molecule has 100 valence electrons. The first kappa shape index (κ1) is 14.0. The molecule has 0 bridgehead atoms. The van der Waals surface area contributed by atoms with E-state index < -0.39 is 7.80 Å². The minimum Gasteiger partial charge on any atom is -0.0760 e. The maximum Gasteiger partial charge on any atom is 0.379 e. The molecule has 2 aliphatic rings. The first-order valence-corrected chi connectivity index (χ1v) is 8.54. The van der Waals surface area contributed by atoms with Crippen molar-refractivity contribution >= 4 is 7.80 Å². The monoisotopic (exact) mass is 265 g/mol. The van der Waals surface area contributed by atoms with Crippen molar-refractivity contribution in [3.05, 3.63) is 23.5 Å². The molecule has 0 amide bonds. The Morgan fingerprint density at radius 2 is 2.11 bits per heavy atom. The molecular formula is C16H26OP+. The van der Waals surface area contributed by atoms with Gasteiger partial charge in [0.25, 0.3) is 0 Å². The van der Waals surface area contributed by atoms with Gasteiger partial charge in [-0.1, -0.05) is 43.9 Å². The highest BCUT2D eigenvalue weighted by molar-refractivity contribution is 7.51. The van der Waals surface area contributed by atoms with Gasteiger partial charge in [-0.2, -0.15) is 0 Å². The van der Waals surface area contributed by atoms with E-state index in [0.717, 1.165) is 18.8 Å². The van der Waals surface area contributed by atoms with Gasteiger partial charge in [0.1, 0.15) is 0 Å². The highest BCUT2D eigenvalue weighted by Crippen LogP contribution is 2.60. The SMILES string of the molecule is CC(C)[C@@H]1CC[C@@H](C)C[C@@]1(C)[P+](=O)C1=CC=CC1.